The van der Waals surface area contributed by atoms with Crippen LogP contribution in [0.15, 0.2) is 24.3 Å². The van der Waals surface area contributed by atoms with Gasteiger partial charge in [-0.1, -0.05) is 29.8 Å². The number of hydrogen-bond donors (Lipinski definition) is 0. The first-order chi connectivity index (χ1) is 8.91. The van der Waals surface area contributed by atoms with Crippen LogP contribution in [0.2, 0.25) is 0 Å². The van der Waals surface area contributed by atoms with E-state index in [4.69, 9.17) is 0 Å². The number of imide groups is 2. The van der Waals surface area contributed by atoms with Gasteiger partial charge < -0.3 is 0 Å². The number of ketones is 1. The average molecular weight is 260 g/mol. The molecule has 1 aliphatic heterocycles. The number of likely N-dealkylation sites (N-methyl/N-ethyl adjacent to an activating group) is 1. The number of nitrogens with zero attached hydrogens (tertiary/aromatic N) is 2. The monoisotopic (exact) mass is 260 g/mol. The zero-order valence-corrected chi connectivity index (χ0v) is 10.5. The Morgan fingerprint density at radius 1 is 1.05 bits per heavy atom. The predicted octanol–water partition coefficient (Wildman–Crippen LogP) is 0.598. The van der Waals surface area contributed by atoms with Crippen molar-refractivity contribution in [1.29, 1.82) is 0 Å². The lowest BCUT2D eigenvalue weighted by Gasteiger charge is -2.11. The molecule has 98 valence electrons. The van der Waals surface area contributed by atoms with Gasteiger partial charge in [0.25, 0.3) is 0 Å². The second-order valence-corrected chi connectivity index (χ2v) is 4.33. The first-order valence-electron chi connectivity index (χ1n) is 5.65. The second-order valence-electron chi connectivity index (χ2n) is 4.33. The molecule has 0 aromatic heterocycles. The third kappa shape index (κ3) is 2.24. The van der Waals surface area contributed by atoms with E-state index in [0.717, 1.165) is 5.56 Å². The van der Waals surface area contributed by atoms with E-state index in [9.17, 15) is 19.2 Å². The van der Waals surface area contributed by atoms with Crippen molar-refractivity contribution in [3.8, 4) is 0 Å². The van der Waals surface area contributed by atoms with Crippen molar-refractivity contribution in [2.45, 2.75) is 6.92 Å². The van der Waals surface area contributed by atoms with Gasteiger partial charge in [-0.2, -0.15) is 0 Å². The fourth-order valence-electron chi connectivity index (χ4n) is 1.73. The zero-order chi connectivity index (χ0) is 14.2. The van der Waals surface area contributed by atoms with Crippen molar-refractivity contribution in [3.05, 3.63) is 35.4 Å². The Morgan fingerprint density at radius 2 is 1.63 bits per heavy atom. The molecule has 0 spiro atoms. The van der Waals surface area contributed by atoms with Gasteiger partial charge in [0.1, 0.15) is 0 Å². The summed E-state index contributed by atoms with van der Waals surface area (Å²) in [4.78, 5) is 47.7. The number of carbonyl (C=O) groups is 4. The lowest BCUT2D eigenvalue weighted by molar-refractivity contribution is -0.142. The van der Waals surface area contributed by atoms with Crippen LogP contribution in [0.1, 0.15) is 15.9 Å². The van der Waals surface area contributed by atoms with Gasteiger partial charge in [0.05, 0.1) is 6.54 Å². The number of hydrogen-bond acceptors (Lipinski definition) is 4. The van der Waals surface area contributed by atoms with Crippen LogP contribution in [0.25, 0.3) is 0 Å². The van der Waals surface area contributed by atoms with E-state index in [0.29, 0.717) is 15.4 Å². The maximum Gasteiger partial charge on any atom is 0.334 e. The summed E-state index contributed by atoms with van der Waals surface area (Å²) in [6, 6.07) is 5.99. The maximum atomic E-state index is 11.9. The number of urea groups is 1. The Morgan fingerprint density at radius 3 is 2.11 bits per heavy atom. The molecule has 1 saturated heterocycles. The minimum absolute atomic E-state index is 0.384. The highest BCUT2D eigenvalue weighted by Gasteiger charge is 2.42. The molecular weight excluding hydrogens is 248 g/mol. The minimum atomic E-state index is -0.965. The van der Waals surface area contributed by atoms with E-state index in [1.54, 1.807) is 24.3 Å². The first-order valence-corrected chi connectivity index (χ1v) is 5.65. The Hall–Kier alpha value is -2.50. The van der Waals surface area contributed by atoms with Crippen molar-refractivity contribution in [2.24, 2.45) is 0 Å². The SMILES string of the molecule is Cc1ccc(C(=O)CN2C(=O)C(=O)N(C)C2=O)cc1. The average Bonchev–Trinajstić information content (AvgIpc) is 2.57. The molecule has 0 radical (unpaired) electrons. The van der Waals surface area contributed by atoms with Crippen LogP contribution in [0, 0.1) is 6.92 Å². The quantitative estimate of drug-likeness (QED) is 0.453. The van der Waals surface area contributed by atoms with Crippen LogP contribution in [0.4, 0.5) is 4.79 Å². The van der Waals surface area contributed by atoms with Crippen molar-refractivity contribution < 1.29 is 19.2 Å². The van der Waals surface area contributed by atoms with Gasteiger partial charge in [0.15, 0.2) is 5.78 Å². The normalized spacial score (nSPS) is 15.4. The number of benzene rings is 1. The standard InChI is InChI=1S/C13H12N2O4/c1-8-3-5-9(6-4-8)10(16)7-15-12(18)11(17)14(2)13(15)19/h3-6H,7H2,1-2H3. The molecule has 0 N–H and O–H groups in total. The summed E-state index contributed by atoms with van der Waals surface area (Å²) >= 11 is 0. The maximum absolute atomic E-state index is 11.9. The van der Waals surface area contributed by atoms with Gasteiger partial charge in [-0.25, -0.2) is 9.69 Å². The molecule has 1 heterocycles. The molecule has 19 heavy (non-hydrogen) atoms. The summed E-state index contributed by atoms with van der Waals surface area (Å²) in [5.74, 6) is -2.26. The Kier molecular flexibility index (Phi) is 3.16. The van der Waals surface area contributed by atoms with Crippen LogP contribution in [0.3, 0.4) is 0 Å². The molecule has 1 aliphatic rings. The van der Waals surface area contributed by atoms with E-state index in [2.05, 4.69) is 0 Å². The number of Topliss-reactive ketones (excluding diaryl/α,β-unsaturated/α-hetero) is 1. The van der Waals surface area contributed by atoms with E-state index in [1.807, 2.05) is 6.92 Å². The number of aryl methyl sites for hydroxylation is 1. The molecule has 2 rings (SSSR count). The highest BCUT2D eigenvalue weighted by molar-refractivity contribution is 6.45. The van der Waals surface area contributed by atoms with Crippen LogP contribution >= 0.6 is 0 Å². The summed E-state index contributed by atoms with van der Waals surface area (Å²) in [6.45, 7) is 1.46. The Balaban J connectivity index is 2.16. The summed E-state index contributed by atoms with van der Waals surface area (Å²) < 4.78 is 0. The Labute approximate surface area is 109 Å². The topological polar surface area (TPSA) is 74.8 Å². The lowest BCUT2D eigenvalue weighted by atomic mass is 10.1. The van der Waals surface area contributed by atoms with Gasteiger partial charge in [0.2, 0.25) is 0 Å². The largest absolute Gasteiger partial charge is 0.334 e. The van der Waals surface area contributed by atoms with Crippen LogP contribution in [0.5, 0.6) is 0 Å². The molecular formula is C13H12N2O4. The third-order valence-corrected chi connectivity index (χ3v) is 2.93. The molecule has 6 nitrogen and oxygen atoms in total. The van der Waals surface area contributed by atoms with Gasteiger partial charge >= 0.3 is 17.8 Å². The van der Waals surface area contributed by atoms with E-state index in [1.165, 1.54) is 7.05 Å². The first kappa shape index (κ1) is 12.9. The van der Waals surface area contributed by atoms with Crippen molar-refractivity contribution in [2.75, 3.05) is 13.6 Å². The molecule has 0 saturated carbocycles. The van der Waals surface area contributed by atoms with Gasteiger partial charge in [-0.15, -0.1) is 0 Å². The molecule has 6 heteroatoms. The molecule has 0 atom stereocenters. The third-order valence-electron chi connectivity index (χ3n) is 2.93. The summed E-state index contributed by atoms with van der Waals surface area (Å²) in [6.07, 6.45) is 0. The van der Waals surface area contributed by atoms with Crippen molar-refractivity contribution in [3.63, 3.8) is 0 Å². The second kappa shape index (κ2) is 4.64. The van der Waals surface area contributed by atoms with Crippen LogP contribution in [-0.2, 0) is 9.59 Å². The summed E-state index contributed by atoms with van der Waals surface area (Å²) in [5, 5.41) is 0. The molecule has 0 unspecified atom stereocenters. The van der Waals surface area contributed by atoms with Gasteiger partial charge in [-0.3, -0.25) is 19.3 Å². The van der Waals surface area contributed by atoms with Crippen molar-refractivity contribution >= 4 is 23.6 Å². The van der Waals surface area contributed by atoms with Crippen LogP contribution in [-0.4, -0.2) is 47.0 Å². The van der Waals surface area contributed by atoms with Gasteiger partial charge in [0, 0.05) is 12.6 Å². The van der Waals surface area contributed by atoms with Crippen molar-refractivity contribution in [1.82, 2.24) is 9.80 Å². The predicted molar refractivity (Wildman–Crippen MR) is 65.4 cm³/mol. The summed E-state index contributed by atoms with van der Waals surface area (Å²) in [7, 11) is 1.21. The molecule has 4 amide bonds. The highest BCUT2D eigenvalue weighted by atomic mass is 16.2. The van der Waals surface area contributed by atoms with Gasteiger partial charge in [-0.05, 0) is 6.92 Å². The Bertz CT molecular complexity index is 577. The molecule has 1 aromatic carbocycles. The minimum Gasteiger partial charge on any atom is -0.292 e. The van der Waals surface area contributed by atoms with E-state index < -0.39 is 24.4 Å². The van der Waals surface area contributed by atoms with Crippen LogP contribution < -0.4 is 0 Å². The number of rotatable bonds is 3. The number of carbonyl (C=O) groups excluding carboxylic acids is 4. The molecule has 1 fully saturated rings. The number of amides is 4. The highest BCUT2D eigenvalue weighted by Crippen LogP contribution is 2.12. The lowest BCUT2D eigenvalue weighted by Crippen LogP contribution is -2.36. The smallest absolute Gasteiger partial charge is 0.292 e. The fraction of sp³-hybridized carbons (Fsp3) is 0.231. The van der Waals surface area contributed by atoms with E-state index >= 15 is 0 Å². The molecule has 0 aliphatic carbocycles. The zero-order valence-electron chi connectivity index (χ0n) is 10.5. The molecule has 0 bridgehead atoms. The fourth-order valence-corrected chi connectivity index (χ4v) is 1.73. The van der Waals surface area contributed by atoms with E-state index in [-0.39, 0.29) is 5.78 Å². The summed E-state index contributed by atoms with van der Waals surface area (Å²) in [5.41, 5.74) is 1.40. The molecule has 1 aromatic rings.